The van der Waals surface area contributed by atoms with E-state index in [2.05, 4.69) is 5.32 Å². The smallest absolute Gasteiger partial charge is 0.328 e. The summed E-state index contributed by atoms with van der Waals surface area (Å²) in [6.07, 6.45) is -0.438. The molecule has 4 unspecified atom stereocenters. The number of rotatable bonds is 6. The van der Waals surface area contributed by atoms with Crippen molar-refractivity contribution in [3.05, 3.63) is 0 Å². The first-order chi connectivity index (χ1) is 7.31. The monoisotopic (exact) mass is 232 g/mol. The SMILES string of the molecule is CCC(C)C(N)C(=O)NC(C(=O)O)C(C)O. The van der Waals surface area contributed by atoms with Gasteiger partial charge < -0.3 is 21.3 Å². The summed E-state index contributed by atoms with van der Waals surface area (Å²) in [5, 5.41) is 20.1. The number of carbonyl (C=O) groups is 2. The van der Waals surface area contributed by atoms with Crippen molar-refractivity contribution in [3.8, 4) is 0 Å². The number of aliphatic hydroxyl groups excluding tert-OH is 1. The molecule has 5 N–H and O–H groups in total. The second kappa shape index (κ2) is 6.44. The van der Waals surface area contributed by atoms with Crippen LogP contribution in [0.2, 0.25) is 0 Å². The van der Waals surface area contributed by atoms with Gasteiger partial charge in [-0.05, 0) is 12.8 Å². The molecule has 4 atom stereocenters. The lowest BCUT2D eigenvalue weighted by Gasteiger charge is -2.22. The topological polar surface area (TPSA) is 113 Å². The Kier molecular flexibility index (Phi) is 5.98. The van der Waals surface area contributed by atoms with E-state index in [0.29, 0.717) is 0 Å². The molecule has 0 rings (SSSR count). The number of carboxylic acid groups (broad SMARTS) is 1. The largest absolute Gasteiger partial charge is 0.480 e. The van der Waals surface area contributed by atoms with Crippen molar-refractivity contribution in [1.82, 2.24) is 5.32 Å². The summed E-state index contributed by atoms with van der Waals surface area (Å²) in [4.78, 5) is 22.3. The van der Waals surface area contributed by atoms with Gasteiger partial charge in [-0.1, -0.05) is 20.3 Å². The summed E-state index contributed by atoms with van der Waals surface area (Å²) < 4.78 is 0. The Morgan fingerprint density at radius 3 is 2.19 bits per heavy atom. The number of nitrogens with one attached hydrogen (secondary N) is 1. The molecule has 0 aromatic heterocycles. The Bertz CT molecular complexity index is 255. The Hall–Kier alpha value is -1.14. The minimum atomic E-state index is -1.32. The normalized spacial score (nSPS) is 18.3. The van der Waals surface area contributed by atoms with E-state index in [9.17, 15) is 14.7 Å². The third kappa shape index (κ3) is 4.16. The fourth-order valence-corrected chi connectivity index (χ4v) is 1.15. The molecule has 0 aliphatic carbocycles. The molecular formula is C10H20N2O4. The van der Waals surface area contributed by atoms with E-state index in [-0.39, 0.29) is 5.92 Å². The summed E-state index contributed by atoms with van der Waals surface area (Å²) >= 11 is 0. The lowest BCUT2D eigenvalue weighted by Crippen LogP contribution is -2.54. The van der Waals surface area contributed by atoms with Crippen molar-refractivity contribution in [2.24, 2.45) is 11.7 Å². The van der Waals surface area contributed by atoms with Crippen molar-refractivity contribution in [2.45, 2.75) is 45.4 Å². The zero-order chi connectivity index (χ0) is 12.9. The highest BCUT2D eigenvalue weighted by atomic mass is 16.4. The van der Waals surface area contributed by atoms with Crippen LogP contribution in [-0.4, -0.2) is 40.3 Å². The molecule has 0 spiro atoms. The first kappa shape index (κ1) is 14.9. The van der Waals surface area contributed by atoms with Crippen LogP contribution in [0.5, 0.6) is 0 Å². The highest BCUT2D eigenvalue weighted by Crippen LogP contribution is 2.06. The number of amides is 1. The summed E-state index contributed by atoms with van der Waals surface area (Å²) in [7, 11) is 0. The Labute approximate surface area is 94.8 Å². The van der Waals surface area contributed by atoms with E-state index in [4.69, 9.17) is 10.8 Å². The van der Waals surface area contributed by atoms with Gasteiger partial charge in [0.2, 0.25) is 5.91 Å². The lowest BCUT2D eigenvalue weighted by atomic mass is 9.99. The highest BCUT2D eigenvalue weighted by Gasteiger charge is 2.28. The predicted molar refractivity (Wildman–Crippen MR) is 58.7 cm³/mol. The van der Waals surface area contributed by atoms with Gasteiger partial charge >= 0.3 is 5.97 Å². The minimum absolute atomic E-state index is 0.0385. The van der Waals surface area contributed by atoms with Crippen LogP contribution in [0.15, 0.2) is 0 Å². The lowest BCUT2D eigenvalue weighted by molar-refractivity contribution is -0.145. The molecule has 6 nitrogen and oxygen atoms in total. The number of hydrogen-bond acceptors (Lipinski definition) is 4. The first-order valence-corrected chi connectivity index (χ1v) is 5.28. The van der Waals surface area contributed by atoms with Crippen molar-refractivity contribution < 1.29 is 19.8 Å². The molecule has 0 heterocycles. The molecule has 1 amide bonds. The van der Waals surface area contributed by atoms with Crippen LogP contribution in [0.1, 0.15) is 27.2 Å². The second-order valence-electron chi connectivity index (χ2n) is 3.98. The van der Waals surface area contributed by atoms with Gasteiger partial charge in [0, 0.05) is 0 Å². The van der Waals surface area contributed by atoms with Crippen LogP contribution in [0.3, 0.4) is 0 Å². The number of carbonyl (C=O) groups excluding carboxylic acids is 1. The number of aliphatic carboxylic acids is 1. The van der Waals surface area contributed by atoms with Crippen molar-refractivity contribution in [3.63, 3.8) is 0 Å². The van der Waals surface area contributed by atoms with Gasteiger partial charge in [-0.2, -0.15) is 0 Å². The van der Waals surface area contributed by atoms with Gasteiger partial charge in [-0.25, -0.2) is 4.79 Å². The third-order valence-electron chi connectivity index (χ3n) is 2.61. The van der Waals surface area contributed by atoms with Gasteiger partial charge in [-0.3, -0.25) is 4.79 Å². The molecule has 0 aliphatic rings. The molecule has 0 radical (unpaired) electrons. The van der Waals surface area contributed by atoms with E-state index in [1.807, 2.05) is 13.8 Å². The maximum Gasteiger partial charge on any atom is 0.328 e. The summed E-state index contributed by atoms with van der Waals surface area (Å²) in [5.41, 5.74) is 5.63. The fraction of sp³-hybridized carbons (Fsp3) is 0.800. The molecule has 0 saturated heterocycles. The molecule has 94 valence electrons. The summed E-state index contributed by atoms with van der Waals surface area (Å²) in [6, 6.07) is -2.08. The maximum absolute atomic E-state index is 11.6. The first-order valence-electron chi connectivity index (χ1n) is 5.28. The summed E-state index contributed by atoms with van der Waals surface area (Å²) in [5.74, 6) is -1.87. The van der Waals surface area contributed by atoms with Crippen LogP contribution in [0, 0.1) is 5.92 Å². The molecule has 16 heavy (non-hydrogen) atoms. The van der Waals surface area contributed by atoms with Gasteiger partial charge in [0.05, 0.1) is 12.1 Å². The van der Waals surface area contributed by atoms with Crippen LogP contribution in [0.4, 0.5) is 0 Å². The van der Waals surface area contributed by atoms with Gasteiger partial charge in [0.15, 0.2) is 6.04 Å². The molecule has 0 aromatic carbocycles. The van der Waals surface area contributed by atoms with Crippen LogP contribution < -0.4 is 11.1 Å². The van der Waals surface area contributed by atoms with E-state index >= 15 is 0 Å². The molecule has 0 fully saturated rings. The van der Waals surface area contributed by atoms with Gasteiger partial charge in [0.25, 0.3) is 0 Å². The standard InChI is InChI=1S/C10H20N2O4/c1-4-5(2)7(11)9(14)12-8(6(3)13)10(15)16/h5-8,13H,4,11H2,1-3H3,(H,12,14)(H,15,16). The zero-order valence-electron chi connectivity index (χ0n) is 9.80. The Balaban J connectivity index is 4.46. The van der Waals surface area contributed by atoms with Gasteiger partial charge in [0.1, 0.15) is 0 Å². The molecule has 0 aromatic rings. The number of hydrogen-bond donors (Lipinski definition) is 4. The van der Waals surface area contributed by atoms with Gasteiger partial charge in [-0.15, -0.1) is 0 Å². The molecule has 0 aliphatic heterocycles. The molecule has 6 heteroatoms. The molecular weight excluding hydrogens is 212 g/mol. The highest BCUT2D eigenvalue weighted by molar-refractivity contribution is 5.87. The van der Waals surface area contributed by atoms with Crippen LogP contribution >= 0.6 is 0 Å². The Morgan fingerprint density at radius 2 is 1.88 bits per heavy atom. The average Bonchev–Trinajstić information content (AvgIpc) is 2.22. The van der Waals surface area contributed by atoms with Crippen molar-refractivity contribution >= 4 is 11.9 Å². The Morgan fingerprint density at radius 1 is 1.38 bits per heavy atom. The van der Waals surface area contributed by atoms with E-state index in [1.165, 1.54) is 6.92 Å². The van der Waals surface area contributed by atoms with E-state index in [0.717, 1.165) is 6.42 Å². The van der Waals surface area contributed by atoms with Crippen molar-refractivity contribution in [1.29, 1.82) is 0 Å². The third-order valence-corrected chi connectivity index (χ3v) is 2.61. The summed E-state index contributed by atoms with van der Waals surface area (Å²) in [6.45, 7) is 5.00. The number of carboxylic acids is 1. The van der Waals surface area contributed by atoms with Crippen molar-refractivity contribution in [2.75, 3.05) is 0 Å². The van der Waals surface area contributed by atoms with E-state index in [1.54, 1.807) is 0 Å². The molecule has 0 bridgehead atoms. The quantitative estimate of drug-likeness (QED) is 0.484. The number of aliphatic hydroxyl groups is 1. The average molecular weight is 232 g/mol. The minimum Gasteiger partial charge on any atom is -0.480 e. The van der Waals surface area contributed by atoms with Crippen LogP contribution in [-0.2, 0) is 9.59 Å². The maximum atomic E-state index is 11.6. The fourth-order valence-electron chi connectivity index (χ4n) is 1.15. The predicted octanol–water partition coefficient (Wildman–Crippen LogP) is -0.690. The number of nitrogens with two attached hydrogens (primary N) is 1. The second-order valence-corrected chi connectivity index (χ2v) is 3.98. The molecule has 0 saturated carbocycles. The van der Waals surface area contributed by atoms with E-state index < -0.39 is 30.1 Å². The zero-order valence-corrected chi connectivity index (χ0v) is 9.80. The van der Waals surface area contributed by atoms with Crippen LogP contribution in [0.25, 0.3) is 0 Å².